The molecule has 16 heavy (non-hydrogen) atoms. The quantitative estimate of drug-likeness (QED) is 0.786. The maximum Gasteiger partial charge on any atom is 0.223 e. The summed E-state index contributed by atoms with van der Waals surface area (Å²) < 4.78 is 13.4. The predicted molar refractivity (Wildman–Crippen MR) is 56.8 cm³/mol. The lowest BCUT2D eigenvalue weighted by molar-refractivity contribution is 0.580. The minimum Gasteiger partial charge on any atom is -0.357 e. The molecule has 0 spiro atoms. The summed E-state index contributed by atoms with van der Waals surface area (Å²) in [6.07, 6.45) is 1.11. The highest BCUT2D eigenvalue weighted by Crippen LogP contribution is 2.25. The van der Waals surface area contributed by atoms with Gasteiger partial charge in [0.2, 0.25) is 11.1 Å². The van der Waals surface area contributed by atoms with Crippen LogP contribution in [0.5, 0.6) is 0 Å². The molecule has 0 aliphatic carbocycles. The molecule has 0 aromatic carbocycles. The van der Waals surface area contributed by atoms with Crippen molar-refractivity contribution in [1.29, 1.82) is 0 Å². The Morgan fingerprint density at radius 2 is 2.25 bits per heavy atom. The third-order valence-corrected chi connectivity index (χ3v) is 2.54. The summed E-state index contributed by atoms with van der Waals surface area (Å²) in [5, 5.41) is 9.92. The largest absolute Gasteiger partial charge is 0.357 e. The highest BCUT2D eigenvalue weighted by molar-refractivity contribution is 7.99. The van der Waals surface area contributed by atoms with E-state index in [-0.39, 0.29) is 5.03 Å². The summed E-state index contributed by atoms with van der Waals surface area (Å²) in [6.45, 7) is 1.77. The van der Waals surface area contributed by atoms with E-state index in [4.69, 9.17) is 0 Å². The van der Waals surface area contributed by atoms with E-state index >= 15 is 0 Å². The van der Waals surface area contributed by atoms with Crippen LogP contribution in [0.1, 0.15) is 5.82 Å². The van der Waals surface area contributed by atoms with Crippen molar-refractivity contribution in [1.82, 2.24) is 25.1 Å². The zero-order valence-electron chi connectivity index (χ0n) is 8.65. The highest BCUT2D eigenvalue weighted by atomic mass is 32.2. The first-order chi connectivity index (χ1) is 7.69. The van der Waals surface area contributed by atoms with Crippen LogP contribution in [0.15, 0.2) is 16.4 Å². The highest BCUT2D eigenvalue weighted by Gasteiger charge is 2.11. The topological polar surface area (TPSA) is 79.4 Å². The van der Waals surface area contributed by atoms with Crippen molar-refractivity contribution in [2.45, 2.75) is 17.1 Å². The number of hydrogen-bond acceptors (Lipinski definition) is 6. The normalized spacial score (nSPS) is 10.4. The molecular formula is C8H9FN6S. The number of nitrogens with one attached hydrogen (secondary N) is 2. The van der Waals surface area contributed by atoms with Gasteiger partial charge in [-0.25, -0.2) is 19.3 Å². The van der Waals surface area contributed by atoms with E-state index < -0.39 is 5.82 Å². The maximum absolute atomic E-state index is 13.4. The minimum atomic E-state index is -0.494. The molecule has 0 aliphatic heterocycles. The first kappa shape index (κ1) is 10.8. The molecule has 8 heteroatoms. The molecule has 0 unspecified atom stereocenters. The minimum absolute atomic E-state index is 0.193. The van der Waals surface area contributed by atoms with Gasteiger partial charge in [0.15, 0.2) is 5.82 Å². The van der Waals surface area contributed by atoms with Crippen LogP contribution in [0.2, 0.25) is 0 Å². The molecule has 6 nitrogen and oxygen atoms in total. The average Bonchev–Trinajstić information content (AvgIpc) is 2.67. The van der Waals surface area contributed by atoms with Crippen LogP contribution in [-0.4, -0.2) is 32.2 Å². The SMILES string of the molecule is CNc1ncc(F)c(Sc2n[nH]c(C)n2)n1. The van der Waals surface area contributed by atoms with Gasteiger partial charge in [-0.2, -0.15) is 0 Å². The van der Waals surface area contributed by atoms with Crippen molar-refractivity contribution in [3.8, 4) is 0 Å². The standard InChI is InChI=1S/C8H9FN6S/c1-4-12-8(15-14-4)16-6-5(9)3-11-7(10-2)13-6/h3H,1-2H3,(H,10,11,13)(H,12,14,15). The van der Waals surface area contributed by atoms with Crippen LogP contribution in [0, 0.1) is 12.7 Å². The second-order valence-electron chi connectivity index (χ2n) is 2.90. The Bertz CT molecular complexity index is 499. The van der Waals surface area contributed by atoms with Gasteiger partial charge in [-0.3, -0.25) is 5.10 Å². The summed E-state index contributed by atoms with van der Waals surface area (Å²) in [7, 11) is 1.67. The molecule has 0 fully saturated rings. The lowest BCUT2D eigenvalue weighted by Crippen LogP contribution is -1.99. The summed E-state index contributed by atoms with van der Waals surface area (Å²) in [5.41, 5.74) is 0. The van der Waals surface area contributed by atoms with Gasteiger partial charge >= 0.3 is 0 Å². The molecule has 0 aliphatic rings. The second-order valence-corrected chi connectivity index (χ2v) is 3.86. The number of aryl methyl sites for hydroxylation is 1. The van der Waals surface area contributed by atoms with E-state index in [1.165, 1.54) is 0 Å². The first-order valence-corrected chi connectivity index (χ1v) is 5.28. The van der Waals surface area contributed by atoms with Gasteiger partial charge in [0.25, 0.3) is 0 Å². The molecule has 0 saturated heterocycles. The maximum atomic E-state index is 13.4. The number of rotatable bonds is 3. The van der Waals surface area contributed by atoms with Crippen LogP contribution in [0.4, 0.5) is 10.3 Å². The fraction of sp³-hybridized carbons (Fsp3) is 0.250. The Morgan fingerprint density at radius 1 is 1.44 bits per heavy atom. The molecular weight excluding hydrogens is 231 g/mol. The third-order valence-electron chi connectivity index (χ3n) is 1.70. The Hall–Kier alpha value is -1.70. The van der Waals surface area contributed by atoms with Gasteiger partial charge in [0.1, 0.15) is 10.9 Å². The number of halogens is 1. The molecule has 2 aromatic rings. The van der Waals surface area contributed by atoms with Gasteiger partial charge in [0, 0.05) is 7.05 Å². The van der Waals surface area contributed by atoms with E-state index in [0.29, 0.717) is 16.9 Å². The van der Waals surface area contributed by atoms with Crippen LogP contribution in [-0.2, 0) is 0 Å². The molecule has 0 atom stereocenters. The molecule has 0 bridgehead atoms. The van der Waals surface area contributed by atoms with Crippen molar-refractivity contribution >= 4 is 17.7 Å². The fourth-order valence-corrected chi connectivity index (χ4v) is 1.73. The number of aromatic nitrogens is 5. The van der Waals surface area contributed by atoms with Gasteiger partial charge in [-0.1, -0.05) is 0 Å². The van der Waals surface area contributed by atoms with E-state index in [1.807, 2.05) is 0 Å². The third kappa shape index (κ3) is 2.27. The Labute approximate surface area is 95.1 Å². The summed E-state index contributed by atoms with van der Waals surface area (Å²) in [6, 6.07) is 0. The van der Waals surface area contributed by atoms with Gasteiger partial charge in [0.05, 0.1) is 6.20 Å². The van der Waals surface area contributed by atoms with Crippen LogP contribution >= 0.6 is 11.8 Å². The van der Waals surface area contributed by atoms with E-state index in [1.54, 1.807) is 14.0 Å². The van der Waals surface area contributed by atoms with Crippen LogP contribution in [0.3, 0.4) is 0 Å². The molecule has 0 amide bonds. The fourth-order valence-electron chi connectivity index (χ4n) is 0.998. The summed E-state index contributed by atoms with van der Waals surface area (Å²) >= 11 is 1.04. The van der Waals surface area contributed by atoms with E-state index in [0.717, 1.165) is 18.0 Å². The Balaban J connectivity index is 2.26. The number of nitrogens with zero attached hydrogens (tertiary/aromatic N) is 4. The van der Waals surface area contributed by atoms with Gasteiger partial charge in [-0.05, 0) is 18.7 Å². The van der Waals surface area contributed by atoms with Crippen molar-refractivity contribution in [3.05, 3.63) is 17.8 Å². The second kappa shape index (κ2) is 4.44. The van der Waals surface area contributed by atoms with Crippen molar-refractivity contribution in [2.24, 2.45) is 0 Å². The lowest BCUT2D eigenvalue weighted by atomic mass is 10.6. The number of hydrogen-bond donors (Lipinski definition) is 2. The summed E-state index contributed by atoms with van der Waals surface area (Å²) in [5.74, 6) is 0.536. The number of aromatic amines is 1. The van der Waals surface area contributed by atoms with Crippen molar-refractivity contribution in [2.75, 3.05) is 12.4 Å². The van der Waals surface area contributed by atoms with Gasteiger partial charge in [-0.15, -0.1) is 5.10 Å². The van der Waals surface area contributed by atoms with Crippen molar-refractivity contribution < 1.29 is 4.39 Å². The van der Waals surface area contributed by atoms with Crippen LogP contribution in [0.25, 0.3) is 0 Å². The monoisotopic (exact) mass is 240 g/mol. The molecule has 2 N–H and O–H groups in total. The smallest absolute Gasteiger partial charge is 0.223 e. The zero-order chi connectivity index (χ0) is 11.5. The Morgan fingerprint density at radius 3 is 2.88 bits per heavy atom. The Kier molecular flexibility index (Phi) is 3.00. The molecule has 0 radical (unpaired) electrons. The van der Waals surface area contributed by atoms with Gasteiger partial charge < -0.3 is 5.32 Å². The van der Waals surface area contributed by atoms with E-state index in [2.05, 4.69) is 30.5 Å². The summed E-state index contributed by atoms with van der Waals surface area (Å²) in [4.78, 5) is 11.8. The number of H-pyrrole nitrogens is 1. The first-order valence-electron chi connectivity index (χ1n) is 4.46. The molecule has 2 heterocycles. The van der Waals surface area contributed by atoms with Crippen molar-refractivity contribution in [3.63, 3.8) is 0 Å². The average molecular weight is 240 g/mol. The molecule has 2 aromatic heterocycles. The molecule has 84 valence electrons. The lowest BCUT2D eigenvalue weighted by Gasteiger charge is -2.01. The predicted octanol–water partition coefficient (Wildman–Crippen LogP) is 1.24. The van der Waals surface area contributed by atoms with E-state index in [9.17, 15) is 4.39 Å². The number of anilines is 1. The molecule has 2 rings (SSSR count). The molecule has 0 saturated carbocycles. The zero-order valence-corrected chi connectivity index (χ0v) is 9.47. The van der Waals surface area contributed by atoms with Crippen LogP contribution < -0.4 is 5.32 Å².